The summed E-state index contributed by atoms with van der Waals surface area (Å²) < 4.78 is 4.60. The van der Waals surface area contributed by atoms with Crippen LogP contribution in [-0.4, -0.2) is 29.9 Å². The fourth-order valence-electron chi connectivity index (χ4n) is 3.35. The molecular weight excluding hydrogens is 363 g/mol. The van der Waals surface area contributed by atoms with Gasteiger partial charge < -0.3 is 18.8 Å². The molecule has 0 aromatic carbocycles. The van der Waals surface area contributed by atoms with Crippen molar-refractivity contribution in [2.45, 2.75) is 46.1 Å². The number of amides is 2. The highest BCUT2D eigenvalue weighted by atomic mass is 127. The van der Waals surface area contributed by atoms with Crippen molar-refractivity contribution in [1.82, 2.24) is 10.6 Å². The van der Waals surface area contributed by atoms with E-state index in [-0.39, 0.29) is 16.9 Å². The zero-order valence-electron chi connectivity index (χ0n) is 11.5. The van der Waals surface area contributed by atoms with Gasteiger partial charge in [0.25, 0.3) is 0 Å². The minimum absolute atomic E-state index is 0.00612. The zero-order valence-corrected chi connectivity index (χ0v) is 13.6. The fraction of sp³-hybridized carbons (Fsp3) is 0.833. The summed E-state index contributed by atoms with van der Waals surface area (Å²) >= 11 is 1.55. The lowest BCUT2D eigenvalue weighted by atomic mass is 9.62. The lowest BCUT2D eigenvalue weighted by molar-refractivity contribution is 0.0707. The molecule has 0 saturated heterocycles. The first-order valence-corrected chi connectivity index (χ1v) is 7.10. The van der Waals surface area contributed by atoms with E-state index in [9.17, 15) is 9.59 Å². The van der Waals surface area contributed by atoms with E-state index in [4.69, 9.17) is 5.11 Å². The Hall–Kier alpha value is -0.730. The minimum atomic E-state index is -1.01. The molecular formula is C12H21IN2O4. The van der Waals surface area contributed by atoms with E-state index in [0.717, 1.165) is 19.3 Å². The van der Waals surface area contributed by atoms with Crippen LogP contribution >= 0.6 is 23.0 Å². The Kier molecular flexibility index (Phi) is 5.28. The molecule has 1 aliphatic rings. The van der Waals surface area contributed by atoms with Crippen molar-refractivity contribution in [3.8, 4) is 0 Å². The van der Waals surface area contributed by atoms with Crippen LogP contribution in [0.4, 0.5) is 9.59 Å². The number of nitrogens with one attached hydrogen (secondary N) is 2. The third-order valence-corrected chi connectivity index (χ3v) is 3.90. The highest BCUT2D eigenvalue weighted by Gasteiger charge is 2.42. The van der Waals surface area contributed by atoms with Crippen LogP contribution in [0.5, 0.6) is 0 Å². The molecule has 1 fully saturated rings. The molecule has 0 heterocycles. The van der Waals surface area contributed by atoms with Gasteiger partial charge in [0.1, 0.15) is 0 Å². The van der Waals surface area contributed by atoms with E-state index >= 15 is 0 Å². The molecule has 19 heavy (non-hydrogen) atoms. The smallest absolute Gasteiger partial charge is 0.416 e. The standard InChI is InChI=1S/C12H21IN2O4/c1-11(2)4-8(15-10(18)19-13)5-12(3,6-11)7-14-9(16)17/h8,14H,4-7H2,1-3H3,(H,15,18)(H,16,17). The topological polar surface area (TPSA) is 87.7 Å². The van der Waals surface area contributed by atoms with E-state index in [1.54, 1.807) is 23.0 Å². The maximum absolute atomic E-state index is 11.3. The van der Waals surface area contributed by atoms with Gasteiger partial charge in [-0.15, -0.1) is 0 Å². The maximum Gasteiger partial charge on any atom is 0.416 e. The molecule has 6 nitrogen and oxygen atoms in total. The van der Waals surface area contributed by atoms with Crippen LogP contribution in [0.15, 0.2) is 0 Å². The Labute approximate surface area is 127 Å². The summed E-state index contributed by atoms with van der Waals surface area (Å²) in [6.45, 7) is 6.71. The molecule has 2 atom stereocenters. The van der Waals surface area contributed by atoms with Crippen molar-refractivity contribution in [3.05, 3.63) is 0 Å². The van der Waals surface area contributed by atoms with Gasteiger partial charge in [0.05, 0.1) is 0 Å². The minimum Gasteiger partial charge on any atom is -0.465 e. The van der Waals surface area contributed by atoms with E-state index in [2.05, 4.69) is 27.5 Å². The largest absolute Gasteiger partial charge is 0.465 e. The predicted molar refractivity (Wildman–Crippen MR) is 79.2 cm³/mol. The average molecular weight is 384 g/mol. The predicted octanol–water partition coefficient (Wildman–Crippen LogP) is 2.92. The van der Waals surface area contributed by atoms with Crippen molar-refractivity contribution >= 4 is 35.2 Å². The second-order valence-corrected chi connectivity index (χ2v) is 6.86. The molecule has 7 heteroatoms. The normalized spacial score (nSPS) is 29.4. The number of rotatable bonds is 3. The average Bonchev–Trinajstić information content (AvgIpc) is 2.23. The quantitative estimate of drug-likeness (QED) is 0.653. The first kappa shape index (κ1) is 16.3. The number of carboxylic acid groups (broad SMARTS) is 1. The highest BCUT2D eigenvalue weighted by Crippen LogP contribution is 2.45. The Balaban J connectivity index is 2.71. The Morgan fingerprint density at radius 2 is 2.00 bits per heavy atom. The molecule has 0 aliphatic heterocycles. The van der Waals surface area contributed by atoms with E-state index in [0.29, 0.717) is 6.54 Å². The lowest BCUT2D eigenvalue weighted by Gasteiger charge is -2.46. The summed E-state index contributed by atoms with van der Waals surface area (Å²) in [5.74, 6) is 0. The molecule has 110 valence electrons. The third kappa shape index (κ3) is 5.42. The summed E-state index contributed by atoms with van der Waals surface area (Å²) in [4.78, 5) is 22.0. The van der Waals surface area contributed by atoms with Crippen molar-refractivity contribution in [3.63, 3.8) is 0 Å². The molecule has 2 unspecified atom stereocenters. The molecule has 0 spiro atoms. The fourth-order valence-corrected chi connectivity index (χ4v) is 3.48. The third-order valence-electron chi connectivity index (χ3n) is 3.50. The highest BCUT2D eigenvalue weighted by molar-refractivity contribution is 14.1. The first-order chi connectivity index (χ1) is 8.66. The molecule has 2 amide bonds. The van der Waals surface area contributed by atoms with Crippen molar-refractivity contribution < 1.29 is 17.8 Å². The molecule has 1 aliphatic carbocycles. The number of hydrogen-bond acceptors (Lipinski definition) is 3. The Morgan fingerprint density at radius 3 is 2.53 bits per heavy atom. The summed E-state index contributed by atoms with van der Waals surface area (Å²) in [7, 11) is 0. The van der Waals surface area contributed by atoms with Crippen LogP contribution in [0.25, 0.3) is 0 Å². The van der Waals surface area contributed by atoms with Gasteiger partial charge in [-0.3, -0.25) is 0 Å². The maximum atomic E-state index is 11.3. The monoisotopic (exact) mass is 384 g/mol. The summed E-state index contributed by atoms with van der Waals surface area (Å²) in [6, 6.07) is 0.00612. The number of carbonyl (C=O) groups is 2. The van der Waals surface area contributed by atoms with E-state index in [1.165, 1.54) is 0 Å². The van der Waals surface area contributed by atoms with Gasteiger partial charge in [-0.05, 0) is 30.1 Å². The van der Waals surface area contributed by atoms with Crippen LogP contribution in [0.2, 0.25) is 0 Å². The molecule has 0 aromatic rings. The number of hydrogen-bond donors (Lipinski definition) is 3. The lowest BCUT2D eigenvalue weighted by Crippen LogP contribution is -2.50. The van der Waals surface area contributed by atoms with Crippen LogP contribution in [0.3, 0.4) is 0 Å². The summed E-state index contributed by atoms with van der Waals surface area (Å²) in [5, 5.41) is 14.0. The molecule has 1 rings (SSSR count). The van der Waals surface area contributed by atoms with Gasteiger partial charge in [-0.2, -0.15) is 0 Å². The second kappa shape index (κ2) is 6.15. The molecule has 3 N–H and O–H groups in total. The number of carbonyl (C=O) groups excluding carboxylic acids is 1. The van der Waals surface area contributed by atoms with E-state index in [1.807, 2.05) is 6.92 Å². The molecule has 0 radical (unpaired) electrons. The first-order valence-electron chi connectivity index (χ1n) is 6.22. The van der Waals surface area contributed by atoms with Gasteiger partial charge in [-0.1, -0.05) is 20.8 Å². The van der Waals surface area contributed by atoms with Crippen LogP contribution in [-0.2, 0) is 3.07 Å². The van der Waals surface area contributed by atoms with Gasteiger partial charge in [0, 0.05) is 12.6 Å². The number of halogens is 1. The van der Waals surface area contributed by atoms with Crippen LogP contribution in [0, 0.1) is 10.8 Å². The van der Waals surface area contributed by atoms with Gasteiger partial charge in [0.2, 0.25) is 0 Å². The van der Waals surface area contributed by atoms with Gasteiger partial charge in [-0.25, -0.2) is 9.59 Å². The Bertz CT molecular complexity index is 362. The second-order valence-electron chi connectivity index (χ2n) is 6.42. The van der Waals surface area contributed by atoms with Gasteiger partial charge in [0.15, 0.2) is 23.0 Å². The van der Waals surface area contributed by atoms with Crippen molar-refractivity contribution in [2.24, 2.45) is 10.8 Å². The summed E-state index contributed by atoms with van der Waals surface area (Å²) in [5.41, 5.74) is -0.111. The van der Waals surface area contributed by atoms with Crippen LogP contribution in [0.1, 0.15) is 40.0 Å². The Morgan fingerprint density at radius 1 is 1.37 bits per heavy atom. The molecule has 0 bridgehead atoms. The summed E-state index contributed by atoms with van der Waals surface area (Å²) in [6.07, 6.45) is 1.05. The SMILES string of the molecule is CC1(C)CC(NC(=O)OI)CC(C)(CNC(=O)O)C1. The van der Waals surface area contributed by atoms with Crippen molar-refractivity contribution in [1.29, 1.82) is 0 Å². The van der Waals surface area contributed by atoms with Crippen LogP contribution < -0.4 is 10.6 Å². The molecule has 1 saturated carbocycles. The van der Waals surface area contributed by atoms with E-state index < -0.39 is 12.2 Å². The van der Waals surface area contributed by atoms with Gasteiger partial charge >= 0.3 is 12.2 Å². The zero-order chi connectivity index (χ0) is 14.7. The van der Waals surface area contributed by atoms with Crippen molar-refractivity contribution in [2.75, 3.05) is 6.54 Å². The molecule has 0 aromatic heterocycles.